The van der Waals surface area contributed by atoms with Crippen LogP contribution in [0.5, 0.6) is 0 Å². The second-order valence-electron chi connectivity index (χ2n) is 5.77. The molecule has 3 N–H and O–H groups in total. The number of anilines is 1. The number of rotatable bonds is 5. The molecule has 0 saturated heterocycles. The van der Waals surface area contributed by atoms with Gasteiger partial charge < -0.3 is 15.7 Å². The molecule has 2 amide bonds. The summed E-state index contributed by atoms with van der Waals surface area (Å²) in [7, 11) is 0. The lowest BCUT2D eigenvalue weighted by atomic mass is 9.94. The number of amides is 2. The van der Waals surface area contributed by atoms with E-state index in [4.69, 9.17) is 0 Å². The van der Waals surface area contributed by atoms with Crippen LogP contribution < -0.4 is 10.6 Å². The molecule has 0 aliphatic carbocycles. The Morgan fingerprint density at radius 3 is 2.68 bits per heavy atom. The highest BCUT2D eigenvalue weighted by atomic mass is 16.3. The first kappa shape index (κ1) is 15.5. The van der Waals surface area contributed by atoms with Crippen molar-refractivity contribution in [3.8, 4) is 0 Å². The number of aryl methyl sites for hydroxylation is 1. The highest BCUT2D eigenvalue weighted by molar-refractivity contribution is 5.89. The highest BCUT2D eigenvalue weighted by Gasteiger charge is 2.22. The molecule has 0 radical (unpaired) electrons. The van der Waals surface area contributed by atoms with Crippen LogP contribution in [0, 0.1) is 12.8 Å². The topological polar surface area (TPSA) is 61.4 Å². The molecule has 4 nitrogen and oxygen atoms in total. The first-order chi connectivity index (χ1) is 8.78. The third kappa shape index (κ3) is 6.25. The lowest BCUT2D eigenvalue weighted by Gasteiger charge is -2.25. The van der Waals surface area contributed by atoms with Crippen molar-refractivity contribution in [2.24, 2.45) is 5.92 Å². The van der Waals surface area contributed by atoms with Crippen LogP contribution >= 0.6 is 0 Å². The molecule has 0 bridgehead atoms. The van der Waals surface area contributed by atoms with Crippen molar-refractivity contribution in [1.82, 2.24) is 5.32 Å². The third-order valence-electron chi connectivity index (χ3n) is 2.75. The summed E-state index contributed by atoms with van der Waals surface area (Å²) in [5.41, 5.74) is 0.962. The lowest BCUT2D eigenvalue weighted by molar-refractivity contribution is 0.0413. The molecule has 0 fully saturated rings. The lowest BCUT2D eigenvalue weighted by Crippen LogP contribution is -2.43. The van der Waals surface area contributed by atoms with E-state index >= 15 is 0 Å². The SMILES string of the molecule is Cc1cccc(NC(=O)NCC(C)(O)CC(C)C)c1. The van der Waals surface area contributed by atoms with Gasteiger partial charge in [-0.1, -0.05) is 26.0 Å². The minimum atomic E-state index is -0.877. The Morgan fingerprint density at radius 2 is 2.11 bits per heavy atom. The van der Waals surface area contributed by atoms with Crippen LogP contribution in [-0.4, -0.2) is 23.3 Å². The van der Waals surface area contributed by atoms with Crippen molar-refractivity contribution >= 4 is 11.7 Å². The Hall–Kier alpha value is -1.55. The molecule has 1 unspecified atom stereocenters. The summed E-state index contributed by atoms with van der Waals surface area (Å²) in [4.78, 5) is 11.7. The number of aliphatic hydroxyl groups is 1. The van der Waals surface area contributed by atoms with E-state index in [2.05, 4.69) is 10.6 Å². The molecule has 4 heteroatoms. The van der Waals surface area contributed by atoms with Crippen molar-refractivity contribution in [1.29, 1.82) is 0 Å². The van der Waals surface area contributed by atoms with Crippen molar-refractivity contribution in [3.05, 3.63) is 29.8 Å². The molecule has 1 aromatic carbocycles. The van der Waals surface area contributed by atoms with E-state index in [1.165, 1.54) is 0 Å². The zero-order valence-corrected chi connectivity index (χ0v) is 12.2. The van der Waals surface area contributed by atoms with E-state index in [1.54, 1.807) is 6.92 Å². The van der Waals surface area contributed by atoms with Gasteiger partial charge in [0.2, 0.25) is 0 Å². The number of hydrogen-bond acceptors (Lipinski definition) is 2. The van der Waals surface area contributed by atoms with Gasteiger partial charge in [-0.15, -0.1) is 0 Å². The van der Waals surface area contributed by atoms with Gasteiger partial charge in [0, 0.05) is 12.2 Å². The quantitative estimate of drug-likeness (QED) is 0.765. The minimum Gasteiger partial charge on any atom is -0.388 e. The van der Waals surface area contributed by atoms with Crippen LogP contribution in [0.3, 0.4) is 0 Å². The molecule has 0 heterocycles. The molecule has 1 rings (SSSR count). The summed E-state index contributed by atoms with van der Waals surface area (Å²) in [5, 5.41) is 15.5. The van der Waals surface area contributed by atoms with Gasteiger partial charge in [0.05, 0.1) is 5.60 Å². The molecule has 106 valence electrons. The normalized spacial score (nSPS) is 14.0. The fourth-order valence-electron chi connectivity index (χ4n) is 2.12. The van der Waals surface area contributed by atoms with E-state index < -0.39 is 5.60 Å². The smallest absolute Gasteiger partial charge is 0.319 e. The number of benzene rings is 1. The maximum Gasteiger partial charge on any atom is 0.319 e. The monoisotopic (exact) mass is 264 g/mol. The fourth-order valence-corrected chi connectivity index (χ4v) is 2.12. The molecular formula is C15H24N2O2. The molecular weight excluding hydrogens is 240 g/mol. The molecule has 1 aromatic rings. The van der Waals surface area contributed by atoms with E-state index in [-0.39, 0.29) is 12.6 Å². The standard InChI is InChI=1S/C15H24N2O2/c1-11(2)9-15(4,19)10-16-14(18)17-13-7-5-6-12(3)8-13/h5-8,11,19H,9-10H2,1-4H3,(H2,16,17,18). The van der Waals surface area contributed by atoms with Crippen LogP contribution in [0.4, 0.5) is 10.5 Å². The van der Waals surface area contributed by atoms with Crippen molar-refractivity contribution in [2.75, 3.05) is 11.9 Å². The molecule has 0 saturated carbocycles. The maximum absolute atomic E-state index is 11.7. The van der Waals surface area contributed by atoms with Crippen LogP contribution in [0.25, 0.3) is 0 Å². The summed E-state index contributed by atoms with van der Waals surface area (Å²) >= 11 is 0. The summed E-state index contributed by atoms with van der Waals surface area (Å²) in [5.74, 6) is 0.386. The minimum absolute atomic E-state index is 0.239. The van der Waals surface area contributed by atoms with Gasteiger partial charge in [-0.05, 0) is 43.9 Å². The molecule has 0 aliphatic heterocycles. The van der Waals surface area contributed by atoms with Crippen LogP contribution in [0.1, 0.15) is 32.8 Å². The Bertz CT molecular complexity index is 428. The predicted octanol–water partition coefficient (Wildman–Crippen LogP) is 2.91. The van der Waals surface area contributed by atoms with Crippen molar-refractivity contribution in [3.63, 3.8) is 0 Å². The second kappa shape index (κ2) is 6.57. The van der Waals surface area contributed by atoms with Gasteiger partial charge in [0.25, 0.3) is 0 Å². The number of nitrogens with one attached hydrogen (secondary N) is 2. The zero-order valence-electron chi connectivity index (χ0n) is 12.2. The molecule has 19 heavy (non-hydrogen) atoms. The number of urea groups is 1. The van der Waals surface area contributed by atoms with Crippen molar-refractivity contribution < 1.29 is 9.90 Å². The average molecular weight is 264 g/mol. The Labute approximate surface area is 115 Å². The number of carbonyl (C=O) groups excluding carboxylic acids is 1. The van der Waals surface area contributed by atoms with E-state index in [1.807, 2.05) is 45.0 Å². The van der Waals surface area contributed by atoms with Gasteiger partial charge >= 0.3 is 6.03 Å². The van der Waals surface area contributed by atoms with E-state index in [0.717, 1.165) is 11.3 Å². The Morgan fingerprint density at radius 1 is 1.42 bits per heavy atom. The second-order valence-corrected chi connectivity index (χ2v) is 5.77. The van der Waals surface area contributed by atoms with Gasteiger partial charge in [0.1, 0.15) is 0 Å². The first-order valence-electron chi connectivity index (χ1n) is 6.62. The van der Waals surface area contributed by atoms with Crippen LogP contribution in [-0.2, 0) is 0 Å². The summed E-state index contributed by atoms with van der Waals surface area (Å²) in [6, 6.07) is 7.29. The maximum atomic E-state index is 11.7. The Kier molecular flexibility index (Phi) is 5.36. The van der Waals surface area contributed by atoms with Gasteiger partial charge in [-0.3, -0.25) is 0 Å². The van der Waals surface area contributed by atoms with E-state index in [0.29, 0.717) is 12.3 Å². The van der Waals surface area contributed by atoms with Gasteiger partial charge in [0.15, 0.2) is 0 Å². The van der Waals surface area contributed by atoms with E-state index in [9.17, 15) is 9.90 Å². The molecule has 0 aromatic heterocycles. The summed E-state index contributed by atoms with van der Waals surface area (Å²) < 4.78 is 0. The third-order valence-corrected chi connectivity index (χ3v) is 2.75. The molecule has 1 atom stereocenters. The number of carbonyl (C=O) groups is 1. The Balaban J connectivity index is 2.44. The summed E-state index contributed by atoms with van der Waals surface area (Å²) in [6.07, 6.45) is 0.651. The predicted molar refractivity (Wildman–Crippen MR) is 78.3 cm³/mol. The van der Waals surface area contributed by atoms with Crippen molar-refractivity contribution in [2.45, 2.75) is 39.7 Å². The summed E-state index contributed by atoms with van der Waals surface area (Å²) in [6.45, 7) is 8.03. The van der Waals surface area contributed by atoms with Gasteiger partial charge in [-0.2, -0.15) is 0 Å². The number of hydrogen-bond donors (Lipinski definition) is 3. The first-order valence-corrected chi connectivity index (χ1v) is 6.62. The highest BCUT2D eigenvalue weighted by Crippen LogP contribution is 2.15. The zero-order chi connectivity index (χ0) is 14.5. The van der Waals surface area contributed by atoms with Gasteiger partial charge in [-0.25, -0.2) is 4.79 Å². The van der Waals surface area contributed by atoms with Crippen LogP contribution in [0.2, 0.25) is 0 Å². The molecule has 0 aliphatic rings. The van der Waals surface area contributed by atoms with Crippen LogP contribution in [0.15, 0.2) is 24.3 Å². The largest absolute Gasteiger partial charge is 0.388 e. The molecule has 0 spiro atoms. The average Bonchev–Trinajstić information content (AvgIpc) is 2.25. The fraction of sp³-hybridized carbons (Fsp3) is 0.533.